The first-order valence-corrected chi connectivity index (χ1v) is 9.61. The molecule has 0 spiro atoms. The number of primary amides is 1. The van der Waals surface area contributed by atoms with Crippen molar-refractivity contribution in [3.8, 4) is 17.1 Å². The Bertz CT molecular complexity index is 1380. The van der Waals surface area contributed by atoms with Gasteiger partial charge in [0.2, 0.25) is 0 Å². The molecule has 2 aromatic heterocycles. The zero-order chi connectivity index (χ0) is 23.0. The number of aryl methyl sites for hydroxylation is 1. The molecule has 8 nitrogen and oxygen atoms in total. The number of methoxy groups -OCH3 is 1. The maximum Gasteiger partial charge on any atom is 0.367 e. The molecule has 4 rings (SSSR count). The van der Waals surface area contributed by atoms with Crippen molar-refractivity contribution in [2.45, 2.75) is 13.8 Å². The number of amides is 1. The number of hydrogen-bond acceptors (Lipinski definition) is 6. The maximum absolute atomic E-state index is 13.5. The minimum atomic E-state index is -0.722. The molecule has 162 valence electrons. The van der Waals surface area contributed by atoms with Gasteiger partial charge in [-0.25, -0.2) is 19.2 Å². The van der Waals surface area contributed by atoms with Crippen molar-refractivity contribution in [2.75, 3.05) is 7.11 Å². The van der Waals surface area contributed by atoms with Gasteiger partial charge >= 0.3 is 5.97 Å². The number of carbonyl (C=O) groups excluding carboxylic acids is 2. The number of hydrogen-bond donors (Lipinski definition) is 1. The van der Waals surface area contributed by atoms with Crippen molar-refractivity contribution in [3.05, 3.63) is 77.0 Å². The van der Waals surface area contributed by atoms with Crippen LogP contribution in [-0.4, -0.2) is 33.7 Å². The van der Waals surface area contributed by atoms with Crippen LogP contribution in [0.25, 0.3) is 22.3 Å². The van der Waals surface area contributed by atoms with Crippen molar-refractivity contribution < 1.29 is 23.6 Å². The fourth-order valence-corrected chi connectivity index (χ4v) is 3.49. The van der Waals surface area contributed by atoms with Crippen LogP contribution in [0.1, 0.15) is 32.1 Å². The molecule has 0 fully saturated rings. The zero-order valence-electron chi connectivity index (χ0n) is 17.5. The Morgan fingerprint density at radius 1 is 1.12 bits per heavy atom. The first-order chi connectivity index (χ1) is 15.3. The lowest BCUT2D eigenvalue weighted by Crippen LogP contribution is -2.23. The molecule has 0 radical (unpaired) electrons. The molecule has 9 heteroatoms. The Kier molecular flexibility index (Phi) is 5.31. The summed E-state index contributed by atoms with van der Waals surface area (Å²) in [7, 11) is 1.51. The fraction of sp³-hybridized carbons (Fsp3) is 0.130. The van der Waals surface area contributed by atoms with E-state index in [1.165, 1.54) is 30.2 Å². The summed E-state index contributed by atoms with van der Waals surface area (Å²) in [4.78, 5) is 39.0. The number of benzene rings is 2. The Labute approximate surface area is 182 Å². The number of halogens is 1. The third-order valence-corrected chi connectivity index (χ3v) is 5.06. The molecule has 0 aliphatic heterocycles. The first kappa shape index (κ1) is 21.0. The van der Waals surface area contributed by atoms with Gasteiger partial charge in [0.15, 0.2) is 5.82 Å². The maximum atomic E-state index is 13.5. The highest BCUT2D eigenvalue weighted by Gasteiger charge is 2.23. The van der Waals surface area contributed by atoms with Crippen LogP contribution < -0.4 is 15.3 Å². The van der Waals surface area contributed by atoms with Crippen molar-refractivity contribution in [1.82, 2.24) is 14.7 Å². The number of rotatable bonds is 5. The summed E-state index contributed by atoms with van der Waals surface area (Å²) in [5.74, 6) is -0.983. The molecular formula is C23H19FN4O4. The number of ether oxygens (including phenoxy) is 1. The lowest BCUT2D eigenvalue weighted by Gasteiger charge is -2.11. The molecule has 2 aromatic carbocycles. The van der Waals surface area contributed by atoms with E-state index in [4.69, 9.17) is 15.3 Å². The van der Waals surface area contributed by atoms with Crippen molar-refractivity contribution >= 4 is 22.8 Å². The van der Waals surface area contributed by atoms with Crippen molar-refractivity contribution in [2.24, 2.45) is 5.73 Å². The van der Waals surface area contributed by atoms with Crippen LogP contribution in [0.2, 0.25) is 0 Å². The van der Waals surface area contributed by atoms with Crippen LogP contribution in [0, 0.1) is 19.7 Å². The van der Waals surface area contributed by atoms with Crippen molar-refractivity contribution in [1.29, 1.82) is 0 Å². The molecule has 2 heterocycles. The summed E-state index contributed by atoms with van der Waals surface area (Å²) in [5.41, 5.74) is 7.58. The number of fused-ring (bicyclic) bond motifs is 1. The highest BCUT2D eigenvalue weighted by molar-refractivity contribution is 6.08. The number of nitrogens with two attached hydrogens (primary N) is 1. The zero-order valence-corrected chi connectivity index (χ0v) is 17.5. The highest BCUT2D eigenvalue weighted by atomic mass is 19.1. The average Bonchev–Trinajstić information content (AvgIpc) is 3.04. The number of nitrogens with zero attached hydrogens (tertiary/aromatic N) is 3. The van der Waals surface area contributed by atoms with Gasteiger partial charge in [-0.3, -0.25) is 4.79 Å². The van der Waals surface area contributed by atoms with Gasteiger partial charge in [0.1, 0.15) is 17.1 Å². The van der Waals surface area contributed by atoms with Crippen molar-refractivity contribution in [3.63, 3.8) is 0 Å². The monoisotopic (exact) mass is 434 g/mol. The quantitative estimate of drug-likeness (QED) is 0.517. The number of carbonyl (C=O) groups is 2. The molecule has 0 bridgehead atoms. The molecule has 1 amide bonds. The molecule has 32 heavy (non-hydrogen) atoms. The van der Waals surface area contributed by atoms with E-state index < -0.39 is 17.7 Å². The summed E-state index contributed by atoms with van der Waals surface area (Å²) in [6.07, 6.45) is 1.32. The van der Waals surface area contributed by atoms with E-state index in [-0.39, 0.29) is 17.0 Å². The third kappa shape index (κ3) is 3.64. The normalized spacial score (nSPS) is 10.9. The van der Waals surface area contributed by atoms with Gasteiger partial charge in [0.05, 0.1) is 29.6 Å². The molecule has 0 saturated carbocycles. The van der Waals surface area contributed by atoms with E-state index in [1.54, 1.807) is 44.2 Å². The summed E-state index contributed by atoms with van der Waals surface area (Å²) in [5, 5.41) is 0.497. The molecular weight excluding hydrogens is 415 g/mol. The van der Waals surface area contributed by atoms with E-state index in [2.05, 4.69) is 9.97 Å². The lowest BCUT2D eigenvalue weighted by atomic mass is 10.1. The van der Waals surface area contributed by atoms with Crippen LogP contribution in [0.5, 0.6) is 5.75 Å². The molecule has 0 aliphatic rings. The second-order valence-corrected chi connectivity index (χ2v) is 7.08. The minimum Gasteiger partial charge on any atom is -0.497 e. The summed E-state index contributed by atoms with van der Waals surface area (Å²) >= 11 is 0. The van der Waals surface area contributed by atoms with Gasteiger partial charge in [-0.2, -0.15) is 4.73 Å². The summed E-state index contributed by atoms with van der Waals surface area (Å²) < 4.78 is 20.0. The molecule has 0 unspecified atom stereocenters. The van der Waals surface area contributed by atoms with Gasteiger partial charge in [-0.1, -0.05) is 12.1 Å². The second-order valence-electron chi connectivity index (χ2n) is 7.08. The Morgan fingerprint density at radius 2 is 1.91 bits per heavy atom. The SMILES string of the molecule is COc1ccc2c(c1)c(C(N)=O)c(C)n2OC(=O)c1cnc(-c2cccc(F)c2)nc1C. The smallest absolute Gasteiger partial charge is 0.367 e. The summed E-state index contributed by atoms with van der Waals surface area (Å²) in [6.45, 7) is 3.25. The Hall–Kier alpha value is -4.27. The van der Waals surface area contributed by atoms with Gasteiger partial charge < -0.3 is 15.3 Å². The second kappa shape index (κ2) is 8.10. The van der Waals surface area contributed by atoms with Crippen LogP contribution in [-0.2, 0) is 0 Å². The van der Waals surface area contributed by atoms with E-state index in [1.807, 2.05) is 0 Å². The van der Waals surface area contributed by atoms with E-state index in [0.29, 0.717) is 33.6 Å². The molecule has 0 saturated heterocycles. The van der Waals surface area contributed by atoms with Gasteiger partial charge in [0, 0.05) is 17.1 Å². The van der Waals surface area contributed by atoms with E-state index in [9.17, 15) is 14.0 Å². The molecule has 2 N–H and O–H groups in total. The third-order valence-electron chi connectivity index (χ3n) is 5.06. The van der Waals surface area contributed by atoms with E-state index in [0.717, 1.165) is 0 Å². The van der Waals surface area contributed by atoms with Crippen LogP contribution in [0.3, 0.4) is 0 Å². The van der Waals surface area contributed by atoms with Gasteiger partial charge in [-0.05, 0) is 44.2 Å². The highest BCUT2D eigenvalue weighted by Crippen LogP contribution is 2.29. The van der Waals surface area contributed by atoms with Crippen LogP contribution in [0.4, 0.5) is 4.39 Å². The summed E-state index contributed by atoms with van der Waals surface area (Å²) in [6, 6.07) is 10.8. The fourth-order valence-electron chi connectivity index (χ4n) is 3.49. The van der Waals surface area contributed by atoms with Crippen LogP contribution in [0.15, 0.2) is 48.7 Å². The van der Waals surface area contributed by atoms with Crippen LogP contribution >= 0.6 is 0 Å². The average molecular weight is 434 g/mol. The molecule has 0 atom stereocenters. The Balaban J connectivity index is 1.71. The number of aromatic nitrogens is 3. The predicted molar refractivity (Wildman–Crippen MR) is 115 cm³/mol. The first-order valence-electron chi connectivity index (χ1n) is 9.61. The molecule has 0 aliphatic carbocycles. The van der Waals surface area contributed by atoms with E-state index >= 15 is 0 Å². The van der Waals surface area contributed by atoms with Gasteiger partial charge in [-0.15, -0.1) is 0 Å². The van der Waals surface area contributed by atoms with Gasteiger partial charge in [0.25, 0.3) is 5.91 Å². The Morgan fingerprint density at radius 3 is 2.56 bits per heavy atom. The molecule has 4 aromatic rings. The minimum absolute atomic E-state index is 0.125. The largest absolute Gasteiger partial charge is 0.497 e. The standard InChI is InChI=1S/C23H19FN4O4/c1-12-18(11-26-22(27-12)14-5-4-6-15(24)9-14)23(30)32-28-13(2)20(21(25)29)17-10-16(31-3)7-8-19(17)28/h4-11H,1-3H3,(H2,25,29). The predicted octanol–water partition coefficient (Wildman–Crippen LogP) is 3.23. The lowest BCUT2D eigenvalue weighted by molar-refractivity contribution is 0.0470. The topological polar surface area (TPSA) is 109 Å².